The second kappa shape index (κ2) is 8.75. The Morgan fingerprint density at radius 1 is 0.781 bits per heavy atom. The Balaban J connectivity index is 1.26. The highest BCUT2D eigenvalue weighted by atomic mass is 32.2. The molecule has 0 spiro atoms. The summed E-state index contributed by atoms with van der Waals surface area (Å²) in [5.41, 5.74) is 2.95. The Morgan fingerprint density at radius 2 is 1.50 bits per heavy atom. The lowest BCUT2D eigenvalue weighted by Gasteiger charge is -2.34. The van der Waals surface area contributed by atoms with E-state index >= 15 is 0 Å². The predicted molar refractivity (Wildman–Crippen MR) is 120 cm³/mol. The summed E-state index contributed by atoms with van der Waals surface area (Å²) in [7, 11) is -3.57. The highest BCUT2D eigenvalue weighted by Crippen LogP contribution is 2.31. The van der Waals surface area contributed by atoms with E-state index in [-0.39, 0.29) is 19.0 Å². The van der Waals surface area contributed by atoms with Gasteiger partial charge >= 0.3 is 0 Å². The molecule has 8 heteroatoms. The van der Waals surface area contributed by atoms with Gasteiger partial charge in [-0.3, -0.25) is 4.79 Å². The number of carbonyl (C=O) groups is 1. The van der Waals surface area contributed by atoms with Crippen LogP contribution in [0.3, 0.4) is 0 Å². The van der Waals surface area contributed by atoms with Gasteiger partial charge in [-0.1, -0.05) is 6.07 Å². The van der Waals surface area contributed by atoms with E-state index in [4.69, 9.17) is 9.47 Å². The maximum Gasteiger partial charge on any atom is 0.254 e. The average molecular weight is 457 g/mol. The molecule has 2 aliphatic heterocycles. The molecule has 32 heavy (non-hydrogen) atoms. The Hall–Kier alpha value is -2.58. The van der Waals surface area contributed by atoms with Gasteiger partial charge in [-0.2, -0.15) is 4.31 Å². The molecule has 2 aromatic carbocycles. The number of benzene rings is 2. The number of aryl methyl sites for hydroxylation is 2. The number of nitrogens with zero attached hydrogens (tertiary/aromatic N) is 2. The summed E-state index contributed by atoms with van der Waals surface area (Å²) in [6, 6.07) is 10.8. The van der Waals surface area contributed by atoms with Gasteiger partial charge in [-0.05, 0) is 67.1 Å². The van der Waals surface area contributed by atoms with E-state index in [1.165, 1.54) is 16.3 Å². The smallest absolute Gasteiger partial charge is 0.254 e. The van der Waals surface area contributed by atoms with Gasteiger partial charge < -0.3 is 14.4 Å². The lowest BCUT2D eigenvalue weighted by molar-refractivity contribution is 0.0697. The molecule has 0 saturated carbocycles. The summed E-state index contributed by atoms with van der Waals surface area (Å²) < 4.78 is 39.2. The zero-order valence-corrected chi connectivity index (χ0v) is 18.9. The number of piperazine rings is 1. The first-order chi connectivity index (χ1) is 15.5. The fourth-order valence-corrected chi connectivity index (χ4v) is 6.10. The number of fused-ring (bicyclic) bond motifs is 2. The summed E-state index contributed by atoms with van der Waals surface area (Å²) in [4.78, 5) is 15.1. The van der Waals surface area contributed by atoms with Gasteiger partial charge in [0.1, 0.15) is 0 Å². The molecule has 5 rings (SSSR count). The van der Waals surface area contributed by atoms with Gasteiger partial charge in [0.2, 0.25) is 10.0 Å². The van der Waals surface area contributed by atoms with Crippen molar-refractivity contribution in [3.05, 3.63) is 53.1 Å². The predicted octanol–water partition coefficient (Wildman–Crippen LogP) is 2.87. The molecule has 7 nitrogen and oxygen atoms in total. The molecule has 3 aliphatic rings. The van der Waals surface area contributed by atoms with Crippen molar-refractivity contribution in [3.8, 4) is 11.5 Å². The summed E-state index contributed by atoms with van der Waals surface area (Å²) >= 11 is 0. The first-order valence-corrected chi connectivity index (χ1v) is 12.8. The molecule has 0 atom stereocenters. The van der Waals surface area contributed by atoms with Crippen LogP contribution in [-0.4, -0.2) is 62.9 Å². The first-order valence-electron chi connectivity index (χ1n) is 11.3. The van der Waals surface area contributed by atoms with Gasteiger partial charge in [0.05, 0.1) is 18.1 Å². The summed E-state index contributed by atoms with van der Waals surface area (Å²) in [6.07, 6.45) is 5.04. The van der Waals surface area contributed by atoms with Crippen LogP contribution in [0.15, 0.2) is 41.3 Å². The molecule has 0 N–H and O–H groups in total. The van der Waals surface area contributed by atoms with Crippen LogP contribution in [-0.2, 0) is 22.9 Å². The van der Waals surface area contributed by atoms with Crippen molar-refractivity contribution >= 4 is 15.9 Å². The van der Waals surface area contributed by atoms with E-state index in [1.54, 1.807) is 29.2 Å². The molecule has 0 unspecified atom stereocenters. The molecule has 2 heterocycles. The van der Waals surface area contributed by atoms with Crippen LogP contribution in [0.2, 0.25) is 0 Å². The number of sulfonamides is 1. The summed E-state index contributed by atoms with van der Waals surface area (Å²) in [5, 5.41) is 0. The van der Waals surface area contributed by atoms with Crippen molar-refractivity contribution in [3.63, 3.8) is 0 Å². The number of amides is 1. The van der Waals surface area contributed by atoms with Crippen LogP contribution < -0.4 is 9.47 Å². The van der Waals surface area contributed by atoms with E-state index in [2.05, 4.69) is 0 Å². The lowest BCUT2D eigenvalue weighted by atomic mass is 9.92. The van der Waals surface area contributed by atoms with Crippen LogP contribution in [0, 0.1) is 0 Å². The van der Waals surface area contributed by atoms with Crippen molar-refractivity contribution in [2.45, 2.75) is 37.0 Å². The SMILES string of the molecule is O=C(c1ccc2c(c1)OCCCO2)N1CCN(S(=O)(=O)c2ccc3c(c2)CCCC3)CC1. The maximum atomic E-state index is 13.2. The van der Waals surface area contributed by atoms with Crippen molar-refractivity contribution in [2.75, 3.05) is 39.4 Å². The highest BCUT2D eigenvalue weighted by Gasteiger charge is 2.31. The molecule has 1 aliphatic carbocycles. The fraction of sp³-hybridized carbons (Fsp3) is 0.458. The third-order valence-corrected chi connectivity index (χ3v) is 8.37. The standard InChI is InChI=1S/C24H28N2O5S/c27-24(20-7-9-22-23(17-20)31-15-3-14-30-22)25-10-12-26(13-11-25)32(28,29)21-8-6-18-4-1-2-5-19(18)16-21/h6-9,16-17H,1-5,10-15H2. The zero-order valence-electron chi connectivity index (χ0n) is 18.1. The summed E-state index contributed by atoms with van der Waals surface area (Å²) in [5.74, 6) is 1.12. The van der Waals surface area contributed by atoms with E-state index < -0.39 is 10.0 Å². The normalized spacial score (nSPS) is 19.2. The topological polar surface area (TPSA) is 76.2 Å². The molecular formula is C24H28N2O5S. The molecule has 1 amide bonds. The summed E-state index contributed by atoms with van der Waals surface area (Å²) in [6.45, 7) is 2.45. The Morgan fingerprint density at radius 3 is 2.28 bits per heavy atom. The lowest BCUT2D eigenvalue weighted by Crippen LogP contribution is -2.50. The minimum Gasteiger partial charge on any atom is -0.490 e. The molecule has 0 radical (unpaired) electrons. The third-order valence-electron chi connectivity index (χ3n) is 6.48. The molecule has 0 bridgehead atoms. The quantitative estimate of drug-likeness (QED) is 0.710. The third kappa shape index (κ3) is 4.09. The van der Waals surface area contributed by atoms with Crippen molar-refractivity contribution in [1.82, 2.24) is 9.21 Å². The van der Waals surface area contributed by atoms with Crippen LogP contribution in [0.25, 0.3) is 0 Å². The molecule has 2 aromatic rings. The van der Waals surface area contributed by atoms with Gasteiger partial charge in [0.15, 0.2) is 11.5 Å². The largest absolute Gasteiger partial charge is 0.490 e. The van der Waals surface area contributed by atoms with Crippen LogP contribution in [0.1, 0.15) is 40.7 Å². The van der Waals surface area contributed by atoms with Gasteiger partial charge in [0, 0.05) is 38.2 Å². The van der Waals surface area contributed by atoms with Gasteiger partial charge in [-0.25, -0.2) is 8.42 Å². The van der Waals surface area contributed by atoms with Crippen molar-refractivity contribution < 1.29 is 22.7 Å². The molecule has 1 fully saturated rings. The second-order valence-corrected chi connectivity index (χ2v) is 10.5. The van der Waals surface area contributed by atoms with Crippen LogP contribution >= 0.6 is 0 Å². The zero-order chi connectivity index (χ0) is 22.1. The minimum atomic E-state index is -3.57. The first kappa shape index (κ1) is 21.3. The number of hydrogen-bond acceptors (Lipinski definition) is 5. The number of ether oxygens (including phenoxy) is 2. The molecule has 170 valence electrons. The van der Waals surface area contributed by atoms with Gasteiger partial charge in [-0.15, -0.1) is 0 Å². The Labute approximate surface area is 189 Å². The fourth-order valence-electron chi connectivity index (χ4n) is 4.63. The van der Waals surface area contributed by atoms with E-state index in [0.717, 1.165) is 31.2 Å². The number of carbonyl (C=O) groups excluding carboxylic acids is 1. The maximum absolute atomic E-state index is 13.2. The molecule has 1 saturated heterocycles. The van der Waals surface area contributed by atoms with Gasteiger partial charge in [0.25, 0.3) is 5.91 Å². The highest BCUT2D eigenvalue weighted by molar-refractivity contribution is 7.89. The van der Waals surface area contributed by atoms with Crippen LogP contribution in [0.5, 0.6) is 11.5 Å². The minimum absolute atomic E-state index is 0.119. The molecule has 0 aromatic heterocycles. The monoisotopic (exact) mass is 456 g/mol. The van der Waals surface area contributed by atoms with Crippen molar-refractivity contribution in [2.24, 2.45) is 0 Å². The number of hydrogen-bond donors (Lipinski definition) is 0. The average Bonchev–Trinajstić information content (AvgIpc) is 3.08. The van der Waals surface area contributed by atoms with E-state index in [1.807, 2.05) is 12.1 Å². The second-order valence-electron chi connectivity index (χ2n) is 8.55. The Bertz CT molecular complexity index is 1120. The van der Waals surface area contributed by atoms with E-state index in [9.17, 15) is 13.2 Å². The number of rotatable bonds is 3. The van der Waals surface area contributed by atoms with E-state index in [0.29, 0.717) is 48.3 Å². The van der Waals surface area contributed by atoms with Crippen LogP contribution in [0.4, 0.5) is 0 Å². The molecular weight excluding hydrogens is 428 g/mol. The van der Waals surface area contributed by atoms with Crippen molar-refractivity contribution in [1.29, 1.82) is 0 Å². The Kier molecular flexibility index (Phi) is 5.82.